The van der Waals surface area contributed by atoms with Gasteiger partial charge in [-0.1, -0.05) is 42.3 Å². The van der Waals surface area contributed by atoms with E-state index in [0.717, 1.165) is 17.9 Å². The van der Waals surface area contributed by atoms with Crippen molar-refractivity contribution in [3.05, 3.63) is 59.7 Å². The van der Waals surface area contributed by atoms with E-state index in [1.165, 1.54) is 11.1 Å². The molecule has 0 N–H and O–H groups in total. The summed E-state index contributed by atoms with van der Waals surface area (Å²) in [6, 6.07) is 16.2. The van der Waals surface area contributed by atoms with Gasteiger partial charge in [-0.15, -0.1) is 0 Å². The first kappa shape index (κ1) is 18.3. The van der Waals surface area contributed by atoms with E-state index in [1.807, 2.05) is 24.3 Å². The highest BCUT2D eigenvalue weighted by Crippen LogP contribution is 2.76. The summed E-state index contributed by atoms with van der Waals surface area (Å²) in [6.07, 6.45) is -1.39. The van der Waals surface area contributed by atoms with Crippen molar-refractivity contribution in [1.29, 1.82) is 0 Å². The molecule has 2 nitrogen and oxygen atoms in total. The fourth-order valence-corrected chi connectivity index (χ4v) is 5.37. The molecule has 0 aliphatic carbocycles. The Labute approximate surface area is 148 Å². The van der Waals surface area contributed by atoms with Gasteiger partial charge in [-0.05, 0) is 58.4 Å². The molecule has 0 aliphatic rings. The molecule has 0 amide bonds. The maximum Gasteiger partial charge on any atom is 0.435 e. The van der Waals surface area contributed by atoms with E-state index in [2.05, 4.69) is 74.4 Å². The van der Waals surface area contributed by atoms with Crippen molar-refractivity contribution in [2.75, 3.05) is 0 Å². The molecule has 124 valence electrons. The zero-order valence-corrected chi connectivity index (χ0v) is 16.9. The molecule has 0 aromatic heterocycles. The largest absolute Gasteiger partial charge is 0.435 e. The molecule has 0 heterocycles. The van der Waals surface area contributed by atoms with Gasteiger partial charge in [0.15, 0.2) is 16.7 Å². The van der Waals surface area contributed by atoms with E-state index in [9.17, 15) is 0 Å². The maximum absolute atomic E-state index is 6.35. The molecule has 0 fully saturated rings. The SMILES string of the molecule is CCC(C)(C)[P+](Br)(Oc1ccc(C)cc1)Oc1ccc(C)cc1. The minimum Gasteiger partial charge on any atom is -0.298 e. The molecule has 0 saturated heterocycles. The summed E-state index contributed by atoms with van der Waals surface area (Å²) in [7, 11) is 0. The average Bonchev–Trinajstić information content (AvgIpc) is 2.52. The van der Waals surface area contributed by atoms with Crippen molar-refractivity contribution in [2.45, 2.75) is 46.2 Å². The molecule has 4 heteroatoms. The minimum atomic E-state index is -2.33. The van der Waals surface area contributed by atoms with E-state index in [4.69, 9.17) is 9.05 Å². The molecule has 2 aromatic rings. The second kappa shape index (κ2) is 7.23. The van der Waals surface area contributed by atoms with Crippen molar-refractivity contribution < 1.29 is 9.05 Å². The summed E-state index contributed by atoms with van der Waals surface area (Å²) < 4.78 is 12.7. The third-order valence-electron chi connectivity index (χ3n) is 4.08. The Kier molecular flexibility index (Phi) is 5.75. The van der Waals surface area contributed by atoms with Crippen LogP contribution in [-0.4, -0.2) is 5.16 Å². The zero-order chi connectivity index (χ0) is 17.1. The Bertz CT molecular complexity index is 588. The van der Waals surface area contributed by atoms with Crippen molar-refractivity contribution in [2.24, 2.45) is 0 Å². The summed E-state index contributed by atoms with van der Waals surface area (Å²) in [5.41, 5.74) is 2.43. The van der Waals surface area contributed by atoms with Crippen LogP contribution in [0.3, 0.4) is 0 Å². The lowest BCUT2D eigenvalue weighted by Gasteiger charge is -2.30. The van der Waals surface area contributed by atoms with Gasteiger partial charge in [0, 0.05) is 0 Å². The van der Waals surface area contributed by atoms with E-state index in [1.54, 1.807) is 0 Å². The summed E-state index contributed by atoms with van der Waals surface area (Å²) in [4.78, 5) is 0. The van der Waals surface area contributed by atoms with E-state index in [0.29, 0.717) is 0 Å². The van der Waals surface area contributed by atoms with Gasteiger partial charge < -0.3 is 0 Å². The van der Waals surface area contributed by atoms with E-state index >= 15 is 0 Å². The van der Waals surface area contributed by atoms with Crippen LogP contribution in [0.1, 0.15) is 38.3 Å². The lowest BCUT2D eigenvalue weighted by atomic mass is 10.1. The van der Waals surface area contributed by atoms with Crippen molar-refractivity contribution >= 4 is 21.9 Å². The van der Waals surface area contributed by atoms with Gasteiger partial charge in [0.05, 0.1) is 0 Å². The Morgan fingerprint density at radius 3 is 1.48 bits per heavy atom. The number of benzene rings is 2. The molecule has 0 radical (unpaired) electrons. The quantitative estimate of drug-likeness (QED) is 0.485. The van der Waals surface area contributed by atoms with Crippen LogP contribution in [0.2, 0.25) is 0 Å². The molecule has 0 spiro atoms. The van der Waals surface area contributed by atoms with Crippen LogP contribution in [0.15, 0.2) is 48.5 Å². The monoisotopic (exact) mass is 395 g/mol. The van der Waals surface area contributed by atoms with Crippen LogP contribution in [-0.2, 0) is 0 Å². The predicted octanol–water partition coefficient (Wildman–Crippen LogP) is 7.11. The first-order chi connectivity index (χ1) is 10.8. The van der Waals surface area contributed by atoms with Gasteiger partial charge in [-0.2, -0.15) is 0 Å². The van der Waals surface area contributed by atoms with Crippen LogP contribution in [0.5, 0.6) is 11.5 Å². The van der Waals surface area contributed by atoms with Crippen molar-refractivity contribution in [1.82, 2.24) is 0 Å². The molecule has 0 bridgehead atoms. The van der Waals surface area contributed by atoms with Crippen LogP contribution < -0.4 is 9.05 Å². The van der Waals surface area contributed by atoms with Crippen LogP contribution in [0.25, 0.3) is 0 Å². The first-order valence-electron chi connectivity index (χ1n) is 7.87. The molecule has 0 atom stereocenters. The maximum atomic E-state index is 6.35. The highest BCUT2D eigenvalue weighted by atomic mass is 79.9. The van der Waals surface area contributed by atoms with Crippen molar-refractivity contribution in [3.8, 4) is 11.5 Å². The van der Waals surface area contributed by atoms with Gasteiger partial charge in [0.1, 0.15) is 0 Å². The molecule has 2 rings (SSSR count). The van der Waals surface area contributed by atoms with Gasteiger partial charge in [-0.25, -0.2) is 0 Å². The number of rotatable bonds is 6. The van der Waals surface area contributed by atoms with E-state index < -0.39 is 6.42 Å². The normalized spacial score (nSPS) is 12.1. The number of halogens is 1. The van der Waals surface area contributed by atoms with Gasteiger partial charge in [0.25, 0.3) is 0 Å². The highest BCUT2D eigenvalue weighted by Gasteiger charge is 2.58. The highest BCUT2D eigenvalue weighted by molar-refractivity contribution is 9.41. The fraction of sp³-hybridized carbons (Fsp3) is 0.368. The molecule has 0 saturated carbocycles. The second-order valence-corrected chi connectivity index (χ2v) is 11.8. The van der Waals surface area contributed by atoms with E-state index in [-0.39, 0.29) is 5.16 Å². The van der Waals surface area contributed by atoms with Crippen LogP contribution in [0.4, 0.5) is 0 Å². The number of aryl methyl sites for hydroxylation is 2. The van der Waals surface area contributed by atoms with Crippen LogP contribution in [0, 0.1) is 13.8 Å². The Balaban J connectivity index is 2.31. The molecule has 23 heavy (non-hydrogen) atoms. The smallest absolute Gasteiger partial charge is 0.298 e. The summed E-state index contributed by atoms with van der Waals surface area (Å²) >= 11 is 3.84. The number of hydrogen-bond acceptors (Lipinski definition) is 2. The summed E-state index contributed by atoms with van der Waals surface area (Å²) in [5.74, 6) is 1.66. The predicted molar refractivity (Wildman–Crippen MR) is 104 cm³/mol. The minimum absolute atomic E-state index is 0.122. The van der Waals surface area contributed by atoms with Crippen molar-refractivity contribution in [3.63, 3.8) is 0 Å². The Morgan fingerprint density at radius 2 is 1.17 bits per heavy atom. The standard InChI is InChI=1S/C19H25BrO2P/c1-6-19(4,5)23(20,21-17-11-7-15(2)8-12-17)22-18-13-9-16(3)10-14-18/h7-14H,6H2,1-5H3/q+1. The molecule has 0 unspecified atom stereocenters. The molecule has 2 aromatic carbocycles. The molecular formula is C19H25BrO2P+. The average molecular weight is 396 g/mol. The lowest BCUT2D eigenvalue weighted by Crippen LogP contribution is -2.27. The zero-order valence-electron chi connectivity index (χ0n) is 14.5. The van der Waals surface area contributed by atoms with Gasteiger partial charge in [0.2, 0.25) is 15.5 Å². The molecule has 0 aliphatic heterocycles. The third-order valence-corrected chi connectivity index (χ3v) is 10.5. The second-order valence-electron chi connectivity index (χ2n) is 6.45. The Hall–Kier alpha value is -1.05. The van der Waals surface area contributed by atoms with Gasteiger partial charge >= 0.3 is 6.42 Å². The van der Waals surface area contributed by atoms with Crippen LogP contribution >= 0.6 is 21.9 Å². The van der Waals surface area contributed by atoms with Gasteiger partial charge in [-0.3, -0.25) is 9.05 Å². The summed E-state index contributed by atoms with van der Waals surface area (Å²) in [6.45, 7) is 10.7. The number of hydrogen-bond donors (Lipinski definition) is 0. The first-order valence-corrected chi connectivity index (χ1v) is 11.5. The molecular weight excluding hydrogens is 371 g/mol. The fourth-order valence-electron chi connectivity index (χ4n) is 1.92. The topological polar surface area (TPSA) is 18.5 Å². The summed E-state index contributed by atoms with van der Waals surface area (Å²) in [5, 5.41) is -0.122. The Morgan fingerprint density at radius 1 is 0.826 bits per heavy atom. The lowest BCUT2D eigenvalue weighted by molar-refractivity contribution is 0.435. The third kappa shape index (κ3) is 4.49.